The molecular weight excluding hydrogens is 813 g/mol. The molecule has 0 spiro atoms. The van der Waals surface area contributed by atoms with Crippen molar-refractivity contribution in [2.24, 2.45) is 30.4 Å². The first-order valence-electron chi connectivity index (χ1n) is 17.6. The van der Waals surface area contributed by atoms with Gasteiger partial charge in [0.25, 0.3) is 20.2 Å². The molecule has 16 nitrogen and oxygen atoms in total. The first-order valence-corrected chi connectivity index (χ1v) is 20.5. The van der Waals surface area contributed by atoms with Gasteiger partial charge in [-0.2, -0.15) is 27.1 Å². The highest BCUT2D eigenvalue weighted by Crippen LogP contribution is 2.44. The lowest BCUT2D eigenvalue weighted by Gasteiger charge is -2.10. The van der Waals surface area contributed by atoms with E-state index in [1.165, 1.54) is 60.7 Å². The molecule has 0 atom stereocenters. The fourth-order valence-electron chi connectivity index (χ4n) is 5.98. The van der Waals surface area contributed by atoms with E-state index in [1.54, 1.807) is 48.5 Å². The Hall–Kier alpha value is -7.38. The highest BCUT2D eigenvalue weighted by Gasteiger charge is 2.24. The minimum absolute atomic E-state index is 0.155. The average molecular weight is 845 g/mol. The van der Waals surface area contributed by atoms with Crippen LogP contribution in [0.5, 0.6) is 11.5 Å². The molecular formula is C42H32N6O10S2. The van der Waals surface area contributed by atoms with E-state index in [4.69, 9.17) is 0 Å². The van der Waals surface area contributed by atoms with Gasteiger partial charge in [0.05, 0.1) is 22.7 Å². The maximum atomic E-state index is 12.3. The standard InChI is InChI=1S/C42H32N6O10S2/c1-23-3-11-29(12-4-23)45-47-37-35(59(53,54)55)21-27-19-31(15-17-33(27)39(37)49)43-41(51)25-7-9-26(10-8-25)42(52)44-32-16-18-34-28(20-32)22-36(60(56,57)58)38(40(34)50)48-46-30-13-5-24(2)6-14-30/h3-22,49-50H,1-2H3,(H,43,51)(H,44,52)(H,53,54,55)(H,56,57,58). The van der Waals surface area contributed by atoms with E-state index < -0.39 is 64.7 Å². The highest BCUT2D eigenvalue weighted by atomic mass is 32.2. The van der Waals surface area contributed by atoms with Crippen molar-refractivity contribution in [3.05, 3.63) is 144 Å². The second-order valence-corrected chi connectivity index (χ2v) is 16.2. The molecule has 18 heteroatoms. The first kappa shape index (κ1) is 40.8. The molecule has 7 rings (SSSR count). The Morgan fingerprint density at radius 1 is 0.450 bits per heavy atom. The molecule has 0 aromatic heterocycles. The van der Waals surface area contributed by atoms with E-state index in [-0.39, 0.29) is 44.0 Å². The molecule has 0 aliphatic heterocycles. The van der Waals surface area contributed by atoms with Crippen LogP contribution in [0, 0.1) is 13.8 Å². The van der Waals surface area contributed by atoms with Crippen LogP contribution in [-0.4, -0.2) is 58.2 Å². The summed E-state index contributed by atoms with van der Waals surface area (Å²) < 4.78 is 69.2. The molecule has 0 aliphatic rings. The topological polar surface area (TPSA) is 264 Å². The number of aryl methyl sites for hydroxylation is 2. The van der Waals surface area contributed by atoms with Crippen LogP contribution in [0.4, 0.5) is 34.1 Å². The lowest BCUT2D eigenvalue weighted by molar-refractivity contribution is 0.471. The third-order valence-corrected chi connectivity index (χ3v) is 10.8. The fraction of sp³-hybridized carbons (Fsp3) is 0.0476. The van der Waals surface area contributed by atoms with Gasteiger partial charge in [-0.05, 0) is 122 Å². The quantitative estimate of drug-likeness (QED) is 0.0328. The van der Waals surface area contributed by atoms with Crippen LogP contribution in [-0.2, 0) is 20.2 Å². The normalized spacial score (nSPS) is 12.9. The van der Waals surface area contributed by atoms with Crippen LogP contribution in [0.3, 0.4) is 0 Å². The van der Waals surface area contributed by atoms with Crippen molar-refractivity contribution < 1.29 is 46.4 Å². The number of benzene rings is 7. The number of fused-ring (bicyclic) bond motifs is 2. The van der Waals surface area contributed by atoms with Crippen molar-refractivity contribution >= 4 is 87.7 Å². The number of phenolic OH excluding ortho intramolecular Hbond substituents is 2. The number of aliphatic imine (C=N–C) groups is 2. The van der Waals surface area contributed by atoms with Gasteiger partial charge in [0.15, 0.2) is 11.5 Å². The molecule has 0 radical (unpaired) electrons. The molecule has 7 aromatic carbocycles. The van der Waals surface area contributed by atoms with Crippen molar-refractivity contribution in [2.75, 3.05) is 0 Å². The Kier molecular flexibility index (Phi) is 11.0. The lowest BCUT2D eigenvalue weighted by atomic mass is 10.1. The Balaban J connectivity index is 1.14. The molecule has 0 aliphatic carbocycles. The maximum absolute atomic E-state index is 12.3. The molecule has 60 heavy (non-hydrogen) atoms. The van der Waals surface area contributed by atoms with Crippen molar-refractivity contribution in [2.45, 2.75) is 23.6 Å². The van der Waals surface area contributed by atoms with E-state index >= 15 is 0 Å². The summed E-state index contributed by atoms with van der Waals surface area (Å²) in [5.41, 5.74) is 2.52. The predicted octanol–water partition coefficient (Wildman–Crippen LogP) is 10.6. The van der Waals surface area contributed by atoms with Crippen molar-refractivity contribution in [3.8, 4) is 11.5 Å². The summed E-state index contributed by atoms with van der Waals surface area (Å²) in [6, 6.07) is 30.2. The molecule has 0 fully saturated rings. The molecule has 0 saturated carbocycles. The zero-order valence-electron chi connectivity index (χ0n) is 31.4. The largest absolute Gasteiger partial charge is 0.505 e. The molecule has 0 saturated heterocycles. The number of azo groups is 2. The van der Waals surface area contributed by atoms with Gasteiger partial charge in [-0.3, -0.25) is 9.11 Å². The summed E-state index contributed by atoms with van der Waals surface area (Å²) in [6.45, 7) is 3.75. The number of rotatable bonds is 10. The molecule has 0 bridgehead atoms. The zero-order chi connectivity index (χ0) is 42.9. The Morgan fingerprint density at radius 2 is 0.783 bits per heavy atom. The van der Waals surface area contributed by atoms with Crippen LogP contribution in [0.25, 0.3) is 21.5 Å². The smallest absolute Gasteiger partial charge is 0.296 e. The summed E-state index contributed by atoms with van der Waals surface area (Å²) in [6.07, 6.45) is 0. The Bertz CT molecular complexity index is 2970. The summed E-state index contributed by atoms with van der Waals surface area (Å²) >= 11 is 0. The molecule has 0 heterocycles. The van der Waals surface area contributed by atoms with Gasteiger partial charge in [-0.15, -0.1) is 10.2 Å². The van der Waals surface area contributed by atoms with Gasteiger partial charge >= 0.3 is 0 Å². The minimum atomic E-state index is -4.88. The lowest BCUT2D eigenvalue weighted by Crippen LogP contribution is -2.02. The van der Waals surface area contributed by atoms with Gasteiger partial charge in [0, 0.05) is 21.9 Å². The number of aliphatic hydroxyl groups is 2. The minimum Gasteiger partial charge on any atom is -0.505 e. The number of hydrogen-bond donors (Lipinski definition) is 6. The zero-order valence-corrected chi connectivity index (χ0v) is 33.0. The summed E-state index contributed by atoms with van der Waals surface area (Å²) in [4.78, 5) is 7.00. The van der Waals surface area contributed by atoms with Crippen LogP contribution in [0.15, 0.2) is 162 Å². The van der Waals surface area contributed by atoms with E-state index in [1.807, 2.05) is 13.8 Å². The molecule has 0 unspecified atom stereocenters. The van der Waals surface area contributed by atoms with Crippen LogP contribution in [0.2, 0.25) is 0 Å². The van der Waals surface area contributed by atoms with Crippen LogP contribution < -0.4 is 0 Å². The third-order valence-electron chi connectivity index (χ3n) is 9.10. The first-order chi connectivity index (χ1) is 28.4. The van der Waals surface area contributed by atoms with Gasteiger partial charge in [-0.25, -0.2) is 9.98 Å². The van der Waals surface area contributed by atoms with Crippen LogP contribution >= 0.6 is 0 Å². The number of phenols is 2. The molecule has 302 valence electrons. The second kappa shape index (κ2) is 16.1. The number of aromatic hydroxyl groups is 2. The molecule has 7 aromatic rings. The second-order valence-electron chi connectivity index (χ2n) is 13.4. The van der Waals surface area contributed by atoms with E-state index in [9.17, 15) is 46.4 Å². The summed E-state index contributed by atoms with van der Waals surface area (Å²) in [5.74, 6) is -2.02. The maximum Gasteiger partial charge on any atom is 0.296 e. The monoisotopic (exact) mass is 844 g/mol. The highest BCUT2D eigenvalue weighted by molar-refractivity contribution is 7.86. The SMILES string of the molecule is Cc1ccc(N=Nc2c(S(=O)(=O)O)cc3cc(N=C(O)c4ccc(C(O)=Nc5ccc6c(O)c(N=Nc7ccc(C)cc7)c(S(=O)(=O)O)cc6c5)cc4)ccc3c2O)cc1. The Labute approximate surface area is 342 Å². The fourth-order valence-corrected chi connectivity index (χ4v) is 7.30. The van der Waals surface area contributed by atoms with Gasteiger partial charge in [-0.1, -0.05) is 35.4 Å². The van der Waals surface area contributed by atoms with Gasteiger partial charge in [0.2, 0.25) is 11.8 Å². The van der Waals surface area contributed by atoms with E-state index in [2.05, 4.69) is 30.4 Å². The molecule has 0 amide bonds. The van der Waals surface area contributed by atoms with Gasteiger partial charge in [0.1, 0.15) is 21.2 Å². The number of aliphatic hydroxyl groups excluding tert-OH is 2. The van der Waals surface area contributed by atoms with Crippen molar-refractivity contribution in [1.29, 1.82) is 0 Å². The van der Waals surface area contributed by atoms with Crippen LogP contribution in [0.1, 0.15) is 22.3 Å². The van der Waals surface area contributed by atoms with Crippen molar-refractivity contribution in [1.82, 2.24) is 0 Å². The van der Waals surface area contributed by atoms with E-state index in [0.29, 0.717) is 11.4 Å². The Morgan fingerprint density at radius 3 is 1.12 bits per heavy atom. The average Bonchev–Trinajstić information content (AvgIpc) is 3.20. The van der Waals surface area contributed by atoms with Gasteiger partial charge < -0.3 is 20.4 Å². The molecule has 6 N–H and O–H groups in total. The summed E-state index contributed by atoms with van der Waals surface area (Å²) in [7, 11) is -9.75. The van der Waals surface area contributed by atoms with Crippen molar-refractivity contribution in [3.63, 3.8) is 0 Å². The number of nitrogens with zero attached hydrogens (tertiary/aromatic N) is 6. The van der Waals surface area contributed by atoms with E-state index in [0.717, 1.165) is 23.3 Å². The third kappa shape index (κ3) is 8.86. The summed E-state index contributed by atoms with van der Waals surface area (Å²) in [5, 5.41) is 60.2. The predicted molar refractivity (Wildman–Crippen MR) is 226 cm³/mol. The number of hydrogen-bond acceptors (Lipinski definition) is 12.